The van der Waals surface area contributed by atoms with E-state index in [0.717, 1.165) is 22.6 Å². The van der Waals surface area contributed by atoms with Crippen molar-refractivity contribution in [1.29, 1.82) is 0 Å². The van der Waals surface area contributed by atoms with E-state index in [9.17, 15) is 9.59 Å². The van der Waals surface area contributed by atoms with Gasteiger partial charge in [0.05, 0.1) is 6.54 Å². The van der Waals surface area contributed by atoms with E-state index in [2.05, 4.69) is 48.7 Å². The van der Waals surface area contributed by atoms with Gasteiger partial charge in [-0.1, -0.05) is 45.0 Å². The van der Waals surface area contributed by atoms with Crippen molar-refractivity contribution in [1.82, 2.24) is 15.8 Å². The van der Waals surface area contributed by atoms with Crippen molar-refractivity contribution in [2.24, 2.45) is 0 Å². The van der Waals surface area contributed by atoms with E-state index in [4.69, 9.17) is 4.84 Å². The number of carbonyl (C=O) groups is 1. The van der Waals surface area contributed by atoms with Crippen LogP contribution in [0.3, 0.4) is 0 Å². The zero-order valence-electron chi connectivity index (χ0n) is 19.3. The van der Waals surface area contributed by atoms with Gasteiger partial charge >= 0.3 is 0 Å². The van der Waals surface area contributed by atoms with Gasteiger partial charge in [-0.15, -0.1) is 0 Å². The number of hydrogen-bond acceptors (Lipinski definition) is 4. The number of amides is 1. The van der Waals surface area contributed by atoms with Crippen molar-refractivity contribution in [2.45, 2.75) is 53.1 Å². The highest BCUT2D eigenvalue weighted by molar-refractivity contribution is 5.94. The first-order valence-electron chi connectivity index (χ1n) is 10.7. The van der Waals surface area contributed by atoms with E-state index in [0.29, 0.717) is 17.7 Å². The maximum absolute atomic E-state index is 12.5. The Labute approximate surface area is 189 Å². The first-order chi connectivity index (χ1) is 15.1. The normalized spacial score (nSPS) is 11.3. The highest BCUT2D eigenvalue weighted by Gasteiger charge is 2.13. The number of H-pyrrole nitrogens is 1. The number of aromatic nitrogens is 1. The first-order valence-corrected chi connectivity index (χ1v) is 10.7. The smallest absolute Gasteiger partial charge is 0.253 e. The summed E-state index contributed by atoms with van der Waals surface area (Å²) in [5.74, 6) is 0.523. The fourth-order valence-electron chi connectivity index (χ4n) is 3.37. The molecule has 32 heavy (non-hydrogen) atoms. The highest BCUT2D eigenvalue weighted by Crippen LogP contribution is 2.24. The molecule has 3 aromatic rings. The standard InChI is InChI=1S/C26H31N3O3/c1-17-14-18(2)29-25(31)23(17)16-27-24(30)20-8-6-19(7-9-20)15-28-32-22-12-10-21(11-13-22)26(3,4)5/h6-14,28H,15-16H2,1-5H3,(H,27,30)(H,29,31). The predicted molar refractivity (Wildman–Crippen MR) is 127 cm³/mol. The maximum Gasteiger partial charge on any atom is 0.253 e. The third kappa shape index (κ3) is 6.08. The molecule has 2 aromatic carbocycles. The van der Waals surface area contributed by atoms with Crippen LogP contribution in [-0.2, 0) is 18.5 Å². The van der Waals surface area contributed by atoms with Gasteiger partial charge in [0.25, 0.3) is 11.5 Å². The zero-order valence-corrected chi connectivity index (χ0v) is 19.3. The number of aromatic amines is 1. The van der Waals surface area contributed by atoms with Crippen LogP contribution in [0.15, 0.2) is 59.4 Å². The summed E-state index contributed by atoms with van der Waals surface area (Å²) in [6, 6.07) is 17.2. The average Bonchev–Trinajstić information content (AvgIpc) is 2.73. The molecule has 0 saturated carbocycles. The summed E-state index contributed by atoms with van der Waals surface area (Å²) >= 11 is 0. The molecule has 0 aliphatic heterocycles. The first kappa shape index (κ1) is 23.3. The molecule has 0 unspecified atom stereocenters. The van der Waals surface area contributed by atoms with Crippen LogP contribution in [-0.4, -0.2) is 10.9 Å². The summed E-state index contributed by atoms with van der Waals surface area (Å²) in [4.78, 5) is 32.9. The number of hydroxylamine groups is 1. The van der Waals surface area contributed by atoms with Crippen LogP contribution in [0.1, 0.15) is 59.1 Å². The maximum atomic E-state index is 12.5. The molecule has 0 saturated heterocycles. The van der Waals surface area contributed by atoms with Crippen LogP contribution in [0.4, 0.5) is 0 Å². The molecule has 6 heteroatoms. The SMILES string of the molecule is Cc1cc(C)c(CNC(=O)c2ccc(CNOc3ccc(C(C)(C)C)cc3)cc2)c(=O)[nH]1. The van der Waals surface area contributed by atoms with Gasteiger partial charge in [-0.3, -0.25) is 9.59 Å². The Balaban J connectivity index is 1.50. The minimum absolute atomic E-state index is 0.106. The van der Waals surface area contributed by atoms with Gasteiger partial charge in [0.15, 0.2) is 0 Å². The molecular formula is C26H31N3O3. The van der Waals surface area contributed by atoms with Crippen LogP contribution in [0, 0.1) is 13.8 Å². The Morgan fingerprint density at radius 3 is 2.22 bits per heavy atom. The number of benzene rings is 2. The molecule has 1 aromatic heterocycles. The number of pyridine rings is 1. The highest BCUT2D eigenvalue weighted by atomic mass is 16.6. The Bertz CT molecular complexity index is 1120. The van der Waals surface area contributed by atoms with Gasteiger partial charge in [0.2, 0.25) is 0 Å². The van der Waals surface area contributed by atoms with Crippen molar-refractivity contribution >= 4 is 5.91 Å². The van der Waals surface area contributed by atoms with E-state index < -0.39 is 0 Å². The molecule has 168 valence electrons. The predicted octanol–water partition coefficient (Wildman–Crippen LogP) is 4.30. The molecule has 1 heterocycles. The summed E-state index contributed by atoms with van der Waals surface area (Å²) in [7, 11) is 0. The van der Waals surface area contributed by atoms with E-state index in [1.165, 1.54) is 5.56 Å². The quantitative estimate of drug-likeness (QED) is 0.485. The third-order valence-electron chi connectivity index (χ3n) is 5.32. The van der Waals surface area contributed by atoms with Crippen molar-refractivity contribution in [2.75, 3.05) is 0 Å². The molecular weight excluding hydrogens is 402 g/mol. The molecule has 3 rings (SSSR count). The second-order valence-electron chi connectivity index (χ2n) is 9.02. The lowest BCUT2D eigenvalue weighted by Crippen LogP contribution is -2.28. The number of nitrogens with one attached hydrogen (secondary N) is 3. The number of hydrogen-bond donors (Lipinski definition) is 3. The molecule has 0 spiro atoms. The Kier molecular flexibility index (Phi) is 7.15. The fraction of sp³-hybridized carbons (Fsp3) is 0.308. The molecule has 0 bridgehead atoms. The van der Waals surface area contributed by atoms with Gasteiger partial charge < -0.3 is 15.1 Å². The number of rotatable bonds is 7. The topological polar surface area (TPSA) is 83.2 Å². The Hall–Kier alpha value is -3.38. The summed E-state index contributed by atoms with van der Waals surface area (Å²) in [5, 5.41) is 2.82. The van der Waals surface area contributed by atoms with Gasteiger partial charge in [-0.25, -0.2) is 0 Å². The lowest BCUT2D eigenvalue weighted by Gasteiger charge is -2.19. The lowest BCUT2D eigenvalue weighted by atomic mass is 9.87. The summed E-state index contributed by atoms with van der Waals surface area (Å²) in [6.07, 6.45) is 0. The monoisotopic (exact) mass is 433 g/mol. The van der Waals surface area contributed by atoms with E-state index in [1.54, 1.807) is 12.1 Å². The second kappa shape index (κ2) is 9.83. The average molecular weight is 434 g/mol. The summed E-state index contributed by atoms with van der Waals surface area (Å²) < 4.78 is 0. The van der Waals surface area contributed by atoms with Gasteiger partial charge in [0.1, 0.15) is 5.75 Å². The van der Waals surface area contributed by atoms with Crippen LogP contribution in [0.25, 0.3) is 0 Å². The molecule has 0 radical (unpaired) electrons. The minimum Gasteiger partial charge on any atom is -0.408 e. The van der Waals surface area contributed by atoms with Crippen molar-refractivity contribution in [3.8, 4) is 5.75 Å². The van der Waals surface area contributed by atoms with Gasteiger partial charge in [-0.2, -0.15) is 5.48 Å². The third-order valence-corrected chi connectivity index (χ3v) is 5.32. The molecule has 0 aliphatic carbocycles. The van der Waals surface area contributed by atoms with Crippen molar-refractivity contribution in [3.63, 3.8) is 0 Å². The van der Waals surface area contributed by atoms with Crippen LogP contribution < -0.4 is 21.2 Å². The summed E-state index contributed by atoms with van der Waals surface area (Å²) in [5.41, 5.74) is 7.89. The minimum atomic E-state index is -0.223. The fourth-order valence-corrected chi connectivity index (χ4v) is 3.37. The summed E-state index contributed by atoms with van der Waals surface area (Å²) in [6.45, 7) is 10.9. The van der Waals surface area contributed by atoms with Gasteiger partial charge in [0, 0.05) is 23.4 Å². The Morgan fingerprint density at radius 2 is 1.62 bits per heavy atom. The Morgan fingerprint density at radius 1 is 0.969 bits per heavy atom. The van der Waals surface area contributed by atoms with Crippen LogP contribution in [0.2, 0.25) is 0 Å². The van der Waals surface area contributed by atoms with E-state index in [1.807, 2.05) is 44.2 Å². The van der Waals surface area contributed by atoms with Crippen LogP contribution in [0.5, 0.6) is 5.75 Å². The molecule has 1 amide bonds. The van der Waals surface area contributed by atoms with Crippen molar-refractivity contribution < 1.29 is 9.63 Å². The van der Waals surface area contributed by atoms with Crippen molar-refractivity contribution in [3.05, 3.63) is 98.5 Å². The number of aryl methyl sites for hydroxylation is 2. The zero-order chi connectivity index (χ0) is 23.3. The number of carbonyl (C=O) groups excluding carboxylic acids is 1. The molecule has 0 atom stereocenters. The molecule has 6 nitrogen and oxygen atoms in total. The van der Waals surface area contributed by atoms with E-state index >= 15 is 0 Å². The molecule has 0 aliphatic rings. The molecule has 0 fully saturated rings. The second-order valence-corrected chi connectivity index (χ2v) is 9.02. The largest absolute Gasteiger partial charge is 0.408 e. The lowest BCUT2D eigenvalue weighted by molar-refractivity contribution is 0.0950. The molecule has 3 N–H and O–H groups in total. The van der Waals surface area contributed by atoms with E-state index in [-0.39, 0.29) is 23.4 Å². The van der Waals surface area contributed by atoms with Gasteiger partial charge in [-0.05, 0) is 66.3 Å². The van der Waals surface area contributed by atoms with Crippen LogP contribution >= 0.6 is 0 Å².